The van der Waals surface area contributed by atoms with Gasteiger partial charge in [-0.15, -0.1) is 0 Å². The van der Waals surface area contributed by atoms with Crippen molar-refractivity contribution in [3.05, 3.63) is 29.3 Å². The summed E-state index contributed by atoms with van der Waals surface area (Å²) in [7, 11) is 0. The Bertz CT molecular complexity index is 473. The van der Waals surface area contributed by atoms with Crippen molar-refractivity contribution in [2.45, 2.75) is 6.42 Å². The minimum absolute atomic E-state index is 0.155. The molecule has 5 N–H and O–H groups in total. The smallest absolute Gasteiger partial charge is 0.312 e. The van der Waals surface area contributed by atoms with E-state index in [1.165, 1.54) is 5.56 Å². The number of hydrogen-bond donors (Lipinski definition) is 4. The van der Waals surface area contributed by atoms with Crippen LogP contribution in [0.25, 0.3) is 0 Å². The van der Waals surface area contributed by atoms with Crippen LogP contribution in [0.4, 0.5) is 10.5 Å². The summed E-state index contributed by atoms with van der Waals surface area (Å²) < 4.78 is 0. The molecule has 1 aliphatic heterocycles. The van der Waals surface area contributed by atoms with Crippen molar-refractivity contribution < 1.29 is 9.59 Å². The van der Waals surface area contributed by atoms with E-state index in [0.29, 0.717) is 18.7 Å². The summed E-state index contributed by atoms with van der Waals surface area (Å²) in [5.41, 5.74) is 7.79. The molecular weight excluding hydrogens is 232 g/mol. The molecule has 1 heterocycles. The highest BCUT2D eigenvalue weighted by Crippen LogP contribution is 2.22. The van der Waals surface area contributed by atoms with Crippen LogP contribution in [-0.4, -0.2) is 31.6 Å². The molecule has 3 amide bonds. The van der Waals surface area contributed by atoms with E-state index in [2.05, 4.69) is 16.0 Å². The quantitative estimate of drug-likeness (QED) is 0.567. The van der Waals surface area contributed by atoms with Gasteiger partial charge < -0.3 is 21.7 Å². The van der Waals surface area contributed by atoms with Gasteiger partial charge in [-0.2, -0.15) is 0 Å². The molecule has 0 radical (unpaired) electrons. The molecule has 2 rings (SSSR count). The van der Waals surface area contributed by atoms with E-state index in [0.717, 1.165) is 18.7 Å². The van der Waals surface area contributed by atoms with Crippen LogP contribution in [0.15, 0.2) is 18.2 Å². The summed E-state index contributed by atoms with van der Waals surface area (Å²) in [5.74, 6) is -0.155. The van der Waals surface area contributed by atoms with E-state index < -0.39 is 6.03 Å². The minimum atomic E-state index is -0.592. The summed E-state index contributed by atoms with van der Waals surface area (Å²) in [6, 6.07) is 5.03. The van der Waals surface area contributed by atoms with Gasteiger partial charge in [0, 0.05) is 30.9 Å². The van der Waals surface area contributed by atoms with Gasteiger partial charge in [-0.25, -0.2) is 4.79 Å². The number of amides is 3. The fourth-order valence-electron chi connectivity index (χ4n) is 1.90. The summed E-state index contributed by atoms with van der Waals surface area (Å²) in [5, 5.41) is 8.34. The van der Waals surface area contributed by atoms with Gasteiger partial charge in [0.25, 0.3) is 5.91 Å². The third-order valence-electron chi connectivity index (χ3n) is 2.79. The van der Waals surface area contributed by atoms with Crippen LogP contribution in [0.3, 0.4) is 0 Å². The first-order valence-electron chi connectivity index (χ1n) is 5.85. The number of nitrogens with one attached hydrogen (secondary N) is 3. The van der Waals surface area contributed by atoms with Crippen LogP contribution in [0.2, 0.25) is 0 Å². The summed E-state index contributed by atoms with van der Waals surface area (Å²) in [6.07, 6.45) is 1.000. The molecule has 18 heavy (non-hydrogen) atoms. The SMILES string of the molecule is NC(=O)NCCNC(=O)c1ccc2c(c1)NCC2. The van der Waals surface area contributed by atoms with E-state index in [4.69, 9.17) is 5.73 Å². The molecule has 0 saturated carbocycles. The third kappa shape index (κ3) is 2.91. The standard InChI is InChI=1S/C12H16N4O2/c13-12(18)16-6-5-15-11(17)9-2-1-8-3-4-14-10(8)7-9/h1-2,7,14H,3-6H2,(H,15,17)(H3,13,16,18). The highest BCUT2D eigenvalue weighted by atomic mass is 16.2. The molecule has 0 bridgehead atoms. The number of fused-ring (bicyclic) bond motifs is 1. The molecule has 6 nitrogen and oxygen atoms in total. The average molecular weight is 248 g/mol. The van der Waals surface area contributed by atoms with E-state index in [9.17, 15) is 9.59 Å². The van der Waals surface area contributed by atoms with Gasteiger partial charge >= 0.3 is 6.03 Å². The summed E-state index contributed by atoms with van der Waals surface area (Å²) in [6.45, 7) is 1.60. The van der Waals surface area contributed by atoms with Crippen molar-refractivity contribution in [1.82, 2.24) is 10.6 Å². The number of primary amides is 1. The van der Waals surface area contributed by atoms with Crippen LogP contribution in [0.5, 0.6) is 0 Å². The van der Waals surface area contributed by atoms with Gasteiger partial charge in [0.2, 0.25) is 0 Å². The third-order valence-corrected chi connectivity index (χ3v) is 2.79. The zero-order valence-corrected chi connectivity index (χ0v) is 9.95. The van der Waals surface area contributed by atoms with Crippen LogP contribution in [0.1, 0.15) is 15.9 Å². The average Bonchev–Trinajstić information content (AvgIpc) is 2.81. The van der Waals surface area contributed by atoms with Crippen LogP contribution in [0, 0.1) is 0 Å². The molecule has 96 valence electrons. The van der Waals surface area contributed by atoms with E-state index >= 15 is 0 Å². The van der Waals surface area contributed by atoms with Gasteiger partial charge in [-0.1, -0.05) is 6.07 Å². The second kappa shape index (κ2) is 5.39. The largest absolute Gasteiger partial charge is 0.384 e. The van der Waals surface area contributed by atoms with Crippen molar-refractivity contribution in [3.63, 3.8) is 0 Å². The van der Waals surface area contributed by atoms with Crippen molar-refractivity contribution in [1.29, 1.82) is 0 Å². The minimum Gasteiger partial charge on any atom is -0.384 e. The topological polar surface area (TPSA) is 96.2 Å². The summed E-state index contributed by atoms with van der Waals surface area (Å²) >= 11 is 0. The number of anilines is 1. The first kappa shape index (κ1) is 12.2. The van der Waals surface area contributed by atoms with Gasteiger partial charge in [0.1, 0.15) is 0 Å². The maximum absolute atomic E-state index is 11.8. The molecule has 1 aliphatic rings. The van der Waals surface area contributed by atoms with Gasteiger partial charge in [-0.3, -0.25) is 4.79 Å². The van der Waals surface area contributed by atoms with Crippen molar-refractivity contribution in [3.8, 4) is 0 Å². The fraction of sp³-hybridized carbons (Fsp3) is 0.333. The molecule has 0 aromatic heterocycles. The Hall–Kier alpha value is -2.24. The molecule has 1 aromatic rings. The predicted molar refractivity (Wildman–Crippen MR) is 68.6 cm³/mol. The first-order valence-corrected chi connectivity index (χ1v) is 5.85. The lowest BCUT2D eigenvalue weighted by Gasteiger charge is -2.07. The lowest BCUT2D eigenvalue weighted by molar-refractivity contribution is 0.0954. The maximum Gasteiger partial charge on any atom is 0.312 e. The lowest BCUT2D eigenvalue weighted by Crippen LogP contribution is -2.37. The molecule has 6 heteroatoms. The maximum atomic E-state index is 11.8. The van der Waals surface area contributed by atoms with Crippen LogP contribution >= 0.6 is 0 Å². The van der Waals surface area contributed by atoms with Crippen LogP contribution < -0.4 is 21.7 Å². The van der Waals surface area contributed by atoms with Crippen molar-refractivity contribution >= 4 is 17.6 Å². The number of benzene rings is 1. The summed E-state index contributed by atoms with van der Waals surface area (Å²) in [4.78, 5) is 22.2. The molecule has 0 aliphatic carbocycles. The highest BCUT2D eigenvalue weighted by Gasteiger charge is 2.12. The zero-order valence-electron chi connectivity index (χ0n) is 9.95. The Morgan fingerprint density at radius 3 is 2.83 bits per heavy atom. The van der Waals surface area contributed by atoms with Gasteiger partial charge in [0.05, 0.1) is 0 Å². The van der Waals surface area contributed by atoms with E-state index in [1.807, 2.05) is 18.2 Å². The van der Waals surface area contributed by atoms with E-state index in [-0.39, 0.29) is 5.91 Å². The van der Waals surface area contributed by atoms with E-state index in [1.54, 1.807) is 0 Å². The van der Waals surface area contributed by atoms with Gasteiger partial charge in [-0.05, 0) is 24.1 Å². The Morgan fingerprint density at radius 2 is 2.06 bits per heavy atom. The molecule has 0 spiro atoms. The Labute approximate surface area is 105 Å². The highest BCUT2D eigenvalue weighted by molar-refractivity contribution is 5.95. The number of urea groups is 1. The normalized spacial score (nSPS) is 12.4. The zero-order chi connectivity index (χ0) is 13.0. The molecule has 0 unspecified atom stereocenters. The number of nitrogens with two attached hydrogens (primary N) is 1. The Balaban J connectivity index is 1.87. The molecule has 0 atom stereocenters. The Morgan fingerprint density at radius 1 is 1.28 bits per heavy atom. The number of carbonyl (C=O) groups excluding carboxylic acids is 2. The Kier molecular flexibility index (Phi) is 3.66. The fourth-order valence-corrected chi connectivity index (χ4v) is 1.90. The number of carbonyl (C=O) groups is 2. The second-order valence-electron chi connectivity index (χ2n) is 4.10. The van der Waals surface area contributed by atoms with Crippen molar-refractivity contribution in [2.24, 2.45) is 5.73 Å². The predicted octanol–water partition coefficient (Wildman–Crippen LogP) is 0.0527. The number of rotatable bonds is 4. The lowest BCUT2D eigenvalue weighted by atomic mass is 10.1. The molecule has 0 fully saturated rings. The van der Waals surface area contributed by atoms with Crippen molar-refractivity contribution in [2.75, 3.05) is 25.0 Å². The first-order chi connectivity index (χ1) is 8.66. The number of hydrogen-bond acceptors (Lipinski definition) is 3. The molecule has 0 saturated heterocycles. The molecule has 1 aromatic carbocycles. The monoisotopic (exact) mass is 248 g/mol. The van der Waals surface area contributed by atoms with Crippen LogP contribution in [-0.2, 0) is 6.42 Å². The molecular formula is C12H16N4O2. The van der Waals surface area contributed by atoms with Gasteiger partial charge in [0.15, 0.2) is 0 Å². The second-order valence-corrected chi connectivity index (χ2v) is 4.10.